The summed E-state index contributed by atoms with van der Waals surface area (Å²) in [5.74, 6) is 0.631. The molecule has 1 aliphatic carbocycles. The van der Waals surface area contributed by atoms with Crippen molar-refractivity contribution in [3.05, 3.63) is 70.2 Å². The van der Waals surface area contributed by atoms with Crippen LogP contribution in [0.1, 0.15) is 30.4 Å². The van der Waals surface area contributed by atoms with E-state index >= 15 is 0 Å². The van der Waals surface area contributed by atoms with Crippen LogP contribution in [0.5, 0.6) is 0 Å². The first-order valence-corrected chi connectivity index (χ1v) is 7.26. The lowest BCUT2D eigenvalue weighted by Gasteiger charge is -2.46. The van der Waals surface area contributed by atoms with Gasteiger partial charge in [0.15, 0.2) is 0 Å². The molecule has 0 radical (unpaired) electrons. The molecule has 0 aliphatic heterocycles. The highest BCUT2D eigenvalue weighted by Crippen LogP contribution is 2.51. The molecule has 0 spiro atoms. The number of Topliss-reactive ketones (excluding diaryl/α,β-unsaturated/α-hetero) is 1. The molecule has 3 rings (SSSR count). The molecule has 1 aliphatic rings. The van der Waals surface area contributed by atoms with Crippen molar-refractivity contribution in [1.82, 2.24) is 0 Å². The lowest BCUT2D eigenvalue weighted by atomic mass is 9.55. The van der Waals surface area contributed by atoms with Gasteiger partial charge in [0.2, 0.25) is 0 Å². The van der Waals surface area contributed by atoms with Crippen LogP contribution in [-0.2, 0) is 10.2 Å². The van der Waals surface area contributed by atoms with Crippen LogP contribution < -0.4 is 0 Å². The molecule has 96 valence electrons. The van der Waals surface area contributed by atoms with Crippen LogP contribution in [0.3, 0.4) is 0 Å². The molecule has 0 aromatic heterocycles. The van der Waals surface area contributed by atoms with Crippen molar-refractivity contribution in [2.45, 2.75) is 24.7 Å². The van der Waals surface area contributed by atoms with Crippen LogP contribution in [0.25, 0.3) is 0 Å². The SMILES string of the molecule is C[C@]1(c2ccc(Br)cc2)C(=O)C[C@H]1c1ccccc1. The van der Waals surface area contributed by atoms with Gasteiger partial charge in [-0.15, -0.1) is 0 Å². The number of rotatable bonds is 2. The first-order valence-electron chi connectivity index (χ1n) is 6.46. The smallest absolute Gasteiger partial charge is 0.144 e. The summed E-state index contributed by atoms with van der Waals surface area (Å²) >= 11 is 3.44. The largest absolute Gasteiger partial charge is 0.299 e. The van der Waals surface area contributed by atoms with Gasteiger partial charge in [0.05, 0.1) is 5.41 Å². The fourth-order valence-electron chi connectivity index (χ4n) is 2.96. The highest BCUT2D eigenvalue weighted by molar-refractivity contribution is 9.10. The number of hydrogen-bond donors (Lipinski definition) is 0. The summed E-state index contributed by atoms with van der Waals surface area (Å²) < 4.78 is 1.04. The predicted molar refractivity (Wildman–Crippen MR) is 80.3 cm³/mol. The van der Waals surface area contributed by atoms with Crippen molar-refractivity contribution in [2.75, 3.05) is 0 Å². The molecule has 0 amide bonds. The minimum Gasteiger partial charge on any atom is -0.299 e. The van der Waals surface area contributed by atoms with Crippen LogP contribution in [0.4, 0.5) is 0 Å². The Labute approximate surface area is 121 Å². The normalized spacial score (nSPS) is 26.0. The van der Waals surface area contributed by atoms with Crippen LogP contribution >= 0.6 is 15.9 Å². The van der Waals surface area contributed by atoms with E-state index in [4.69, 9.17) is 0 Å². The maximum Gasteiger partial charge on any atom is 0.144 e. The molecule has 1 saturated carbocycles. The zero-order chi connectivity index (χ0) is 13.5. The molecule has 0 bridgehead atoms. The number of hydrogen-bond acceptors (Lipinski definition) is 1. The summed E-state index contributed by atoms with van der Waals surface area (Å²) in [7, 11) is 0. The molecule has 2 aromatic rings. The van der Waals surface area contributed by atoms with Gasteiger partial charge in [0.25, 0.3) is 0 Å². The number of benzene rings is 2. The van der Waals surface area contributed by atoms with Gasteiger partial charge in [-0.1, -0.05) is 58.4 Å². The fraction of sp³-hybridized carbons (Fsp3) is 0.235. The summed E-state index contributed by atoms with van der Waals surface area (Å²) in [5, 5.41) is 0. The molecule has 0 heterocycles. The average molecular weight is 315 g/mol. The van der Waals surface area contributed by atoms with Gasteiger partial charge in [-0.05, 0) is 30.2 Å². The van der Waals surface area contributed by atoms with Crippen molar-refractivity contribution in [1.29, 1.82) is 0 Å². The van der Waals surface area contributed by atoms with Gasteiger partial charge in [-0.2, -0.15) is 0 Å². The first-order chi connectivity index (χ1) is 9.12. The second kappa shape index (κ2) is 4.61. The number of carbonyl (C=O) groups is 1. The van der Waals surface area contributed by atoms with E-state index in [0.29, 0.717) is 18.1 Å². The van der Waals surface area contributed by atoms with Gasteiger partial charge in [0.1, 0.15) is 5.78 Å². The molecule has 1 fully saturated rings. The molecule has 2 aromatic carbocycles. The first kappa shape index (κ1) is 12.6. The molecule has 0 unspecified atom stereocenters. The summed E-state index contributed by atoms with van der Waals surface area (Å²) in [6.45, 7) is 2.07. The van der Waals surface area contributed by atoms with E-state index in [-0.39, 0.29) is 5.41 Å². The van der Waals surface area contributed by atoms with Crippen molar-refractivity contribution < 1.29 is 4.79 Å². The third-order valence-corrected chi connectivity index (χ3v) is 4.84. The molecule has 19 heavy (non-hydrogen) atoms. The summed E-state index contributed by atoms with van der Waals surface area (Å²) in [5.41, 5.74) is 2.00. The Kier molecular flexibility index (Phi) is 3.06. The molecule has 2 atom stereocenters. The lowest BCUT2D eigenvalue weighted by molar-refractivity contribution is -0.133. The summed E-state index contributed by atoms with van der Waals surface area (Å²) in [6.07, 6.45) is 0.649. The number of carbonyl (C=O) groups excluding carboxylic acids is 1. The van der Waals surface area contributed by atoms with Gasteiger partial charge in [-0.25, -0.2) is 0 Å². The van der Waals surface area contributed by atoms with Crippen LogP contribution in [0.2, 0.25) is 0 Å². The zero-order valence-corrected chi connectivity index (χ0v) is 12.4. The molecule has 2 heteroatoms. The molecular formula is C17H15BrO. The highest BCUT2D eigenvalue weighted by Gasteiger charge is 2.52. The van der Waals surface area contributed by atoms with Crippen molar-refractivity contribution >= 4 is 21.7 Å². The Morgan fingerprint density at radius 2 is 1.68 bits per heavy atom. The average Bonchev–Trinajstić information content (AvgIpc) is 2.45. The van der Waals surface area contributed by atoms with Crippen LogP contribution in [-0.4, -0.2) is 5.78 Å². The second-order valence-corrected chi connectivity index (χ2v) is 6.22. The topological polar surface area (TPSA) is 17.1 Å². The lowest BCUT2D eigenvalue weighted by Crippen LogP contribution is -2.49. The Balaban J connectivity index is 2.01. The van der Waals surface area contributed by atoms with Gasteiger partial charge >= 0.3 is 0 Å². The number of halogens is 1. The fourth-order valence-corrected chi connectivity index (χ4v) is 3.22. The van der Waals surface area contributed by atoms with E-state index < -0.39 is 0 Å². The third kappa shape index (κ3) is 1.95. The predicted octanol–water partition coefficient (Wildman–Crippen LogP) is 4.46. The summed E-state index contributed by atoms with van der Waals surface area (Å²) in [6, 6.07) is 18.5. The molecular weight excluding hydrogens is 300 g/mol. The Morgan fingerprint density at radius 1 is 1.05 bits per heavy atom. The zero-order valence-electron chi connectivity index (χ0n) is 10.8. The van der Waals surface area contributed by atoms with E-state index in [9.17, 15) is 4.79 Å². The summed E-state index contributed by atoms with van der Waals surface area (Å²) in [4.78, 5) is 12.2. The molecule has 1 nitrogen and oxygen atoms in total. The van der Waals surface area contributed by atoms with E-state index in [2.05, 4.69) is 47.1 Å². The van der Waals surface area contributed by atoms with Crippen LogP contribution in [0, 0.1) is 0 Å². The monoisotopic (exact) mass is 314 g/mol. The quantitative estimate of drug-likeness (QED) is 0.799. The molecule has 0 saturated heterocycles. The van der Waals surface area contributed by atoms with E-state index in [1.165, 1.54) is 5.56 Å². The molecule has 0 N–H and O–H groups in total. The van der Waals surface area contributed by atoms with E-state index in [0.717, 1.165) is 10.0 Å². The van der Waals surface area contributed by atoms with Gasteiger partial charge in [-0.3, -0.25) is 4.79 Å². The maximum absolute atomic E-state index is 12.2. The van der Waals surface area contributed by atoms with Gasteiger partial charge in [0, 0.05) is 16.8 Å². The third-order valence-electron chi connectivity index (χ3n) is 4.31. The number of ketones is 1. The minimum atomic E-state index is -0.373. The Bertz CT molecular complexity index is 603. The maximum atomic E-state index is 12.2. The van der Waals surface area contributed by atoms with Gasteiger partial charge < -0.3 is 0 Å². The van der Waals surface area contributed by atoms with Crippen molar-refractivity contribution in [2.24, 2.45) is 0 Å². The Morgan fingerprint density at radius 3 is 2.26 bits per heavy atom. The standard InChI is InChI=1S/C17H15BrO/c1-17(13-7-9-14(18)10-8-13)15(11-16(17)19)12-5-3-2-4-6-12/h2-10,15H,11H2,1H3/t15-,17+/m0/s1. The van der Waals surface area contributed by atoms with E-state index in [1.807, 2.05) is 30.3 Å². The minimum absolute atomic E-state index is 0.294. The Hall–Kier alpha value is -1.41. The highest BCUT2D eigenvalue weighted by atomic mass is 79.9. The van der Waals surface area contributed by atoms with Crippen molar-refractivity contribution in [3.63, 3.8) is 0 Å². The van der Waals surface area contributed by atoms with E-state index in [1.54, 1.807) is 0 Å². The van der Waals surface area contributed by atoms with Crippen molar-refractivity contribution in [3.8, 4) is 0 Å². The second-order valence-electron chi connectivity index (χ2n) is 5.30. The van der Waals surface area contributed by atoms with Crippen LogP contribution in [0.15, 0.2) is 59.1 Å².